The molecule has 5 nitrogen and oxygen atoms in total. The molecule has 0 saturated carbocycles. The maximum absolute atomic E-state index is 12.6. The van der Waals surface area contributed by atoms with Crippen molar-refractivity contribution in [3.05, 3.63) is 114 Å². The Morgan fingerprint density at radius 3 is 2.45 bits per heavy atom. The summed E-state index contributed by atoms with van der Waals surface area (Å²) in [6, 6.07) is 24.3. The van der Waals surface area contributed by atoms with E-state index in [1.165, 1.54) is 15.8 Å². The molecule has 0 atom stereocenters. The van der Waals surface area contributed by atoms with Crippen LogP contribution in [0.1, 0.15) is 27.0 Å². The Hall–Kier alpha value is -3.42. The lowest BCUT2D eigenvalue weighted by atomic mass is 10.1. The number of hydrogen-bond donors (Lipinski definition) is 1. The number of nitrogens with one attached hydrogen (secondary N) is 1. The zero-order valence-electron chi connectivity index (χ0n) is 17.8. The smallest absolute Gasteiger partial charge is 0.251 e. The summed E-state index contributed by atoms with van der Waals surface area (Å²) in [5.74, 6) is 0.760. The summed E-state index contributed by atoms with van der Waals surface area (Å²) in [6.45, 7) is 1.29. The molecule has 0 aliphatic heterocycles. The molecule has 5 aromatic rings. The zero-order valence-corrected chi connectivity index (χ0v) is 19.5. The monoisotopic (exact) mass is 470 g/mol. The number of imidazole rings is 1. The third kappa shape index (κ3) is 5.50. The normalized spacial score (nSPS) is 11.0. The van der Waals surface area contributed by atoms with Crippen LogP contribution < -0.4 is 5.32 Å². The number of rotatable bonds is 8. The number of aromatic nitrogens is 3. The number of fused-ring (bicyclic) bond motifs is 1. The molecule has 0 radical (unpaired) electrons. The molecule has 2 aromatic heterocycles. The molecule has 7 heteroatoms. The highest BCUT2D eigenvalue weighted by Gasteiger charge is 2.07. The van der Waals surface area contributed by atoms with Gasteiger partial charge in [-0.15, -0.1) is 11.3 Å². The van der Waals surface area contributed by atoms with Gasteiger partial charge in [0.1, 0.15) is 0 Å². The fourth-order valence-electron chi connectivity index (χ4n) is 3.45. The second-order valence-electron chi connectivity index (χ2n) is 7.67. The van der Waals surface area contributed by atoms with Crippen LogP contribution in [-0.2, 0) is 18.8 Å². The second-order valence-corrected chi connectivity index (χ2v) is 9.92. The highest BCUT2D eigenvalue weighted by atomic mass is 32.2. The Kier molecular flexibility index (Phi) is 6.51. The number of thiazole rings is 1. The average molecular weight is 471 g/mol. The third-order valence-corrected chi connectivity index (χ3v) is 7.50. The minimum Gasteiger partial charge on any atom is -0.348 e. The Bertz CT molecular complexity index is 1310. The van der Waals surface area contributed by atoms with Gasteiger partial charge in [0.05, 0.1) is 16.5 Å². The van der Waals surface area contributed by atoms with Crippen molar-refractivity contribution in [3.8, 4) is 0 Å². The van der Waals surface area contributed by atoms with E-state index in [0.717, 1.165) is 27.7 Å². The lowest BCUT2D eigenvalue weighted by molar-refractivity contribution is 0.0951. The van der Waals surface area contributed by atoms with Crippen LogP contribution in [0.25, 0.3) is 10.2 Å². The van der Waals surface area contributed by atoms with E-state index in [9.17, 15) is 4.79 Å². The highest BCUT2D eigenvalue weighted by Crippen LogP contribution is 2.31. The third-order valence-electron chi connectivity index (χ3n) is 5.25. The van der Waals surface area contributed by atoms with Crippen LogP contribution in [0.4, 0.5) is 0 Å². The minimum atomic E-state index is -0.0668. The van der Waals surface area contributed by atoms with Crippen molar-refractivity contribution in [3.63, 3.8) is 0 Å². The molecule has 0 fully saturated rings. The van der Waals surface area contributed by atoms with E-state index < -0.39 is 0 Å². The first-order valence-electron chi connectivity index (χ1n) is 10.6. The summed E-state index contributed by atoms with van der Waals surface area (Å²) < 4.78 is 4.30. The molecule has 3 aromatic carbocycles. The van der Waals surface area contributed by atoms with Crippen molar-refractivity contribution in [2.45, 2.75) is 23.2 Å². The van der Waals surface area contributed by atoms with Gasteiger partial charge in [0.2, 0.25) is 0 Å². The van der Waals surface area contributed by atoms with Gasteiger partial charge in [0, 0.05) is 36.8 Å². The number of carbonyl (C=O) groups excluding carboxylic acids is 1. The van der Waals surface area contributed by atoms with E-state index in [1.807, 2.05) is 53.2 Å². The van der Waals surface area contributed by atoms with Crippen molar-refractivity contribution >= 4 is 39.2 Å². The number of nitrogens with zero attached hydrogens (tertiary/aromatic N) is 3. The predicted molar refractivity (Wildman–Crippen MR) is 135 cm³/mol. The van der Waals surface area contributed by atoms with Gasteiger partial charge >= 0.3 is 0 Å². The molecule has 0 saturated heterocycles. The molecule has 0 unspecified atom stereocenters. The number of para-hydroxylation sites is 1. The quantitative estimate of drug-likeness (QED) is 0.293. The largest absolute Gasteiger partial charge is 0.348 e. The van der Waals surface area contributed by atoms with E-state index in [-0.39, 0.29) is 5.91 Å². The SMILES string of the molecule is O=C(NCc1ccc(Cn2ccnc2)cc1)c1ccc(CSc2nc3ccccc3s2)cc1. The minimum absolute atomic E-state index is 0.0668. The molecule has 1 N–H and O–H groups in total. The second kappa shape index (κ2) is 10.0. The van der Waals surface area contributed by atoms with Crippen LogP contribution in [0.15, 0.2) is 95.9 Å². The van der Waals surface area contributed by atoms with Crippen molar-refractivity contribution in [1.82, 2.24) is 19.9 Å². The number of benzene rings is 3. The fraction of sp³-hybridized carbons (Fsp3) is 0.115. The average Bonchev–Trinajstić information content (AvgIpc) is 3.52. The van der Waals surface area contributed by atoms with Gasteiger partial charge in [0.25, 0.3) is 5.91 Å². The van der Waals surface area contributed by atoms with Crippen molar-refractivity contribution < 1.29 is 4.79 Å². The number of carbonyl (C=O) groups is 1. The van der Waals surface area contributed by atoms with E-state index in [0.29, 0.717) is 12.1 Å². The molecule has 0 aliphatic carbocycles. The lowest BCUT2D eigenvalue weighted by Crippen LogP contribution is -2.22. The summed E-state index contributed by atoms with van der Waals surface area (Å²) in [5, 5.41) is 3.00. The molecule has 1 amide bonds. The van der Waals surface area contributed by atoms with Crippen LogP contribution in [-0.4, -0.2) is 20.4 Å². The van der Waals surface area contributed by atoms with Gasteiger partial charge in [0.15, 0.2) is 4.34 Å². The maximum atomic E-state index is 12.6. The molecule has 0 bridgehead atoms. The number of amides is 1. The molecule has 0 spiro atoms. The maximum Gasteiger partial charge on any atom is 0.251 e. The molecular weight excluding hydrogens is 448 g/mol. The summed E-state index contributed by atoms with van der Waals surface area (Å²) in [6.07, 6.45) is 5.52. The van der Waals surface area contributed by atoms with Crippen molar-refractivity contribution in [2.24, 2.45) is 0 Å². The highest BCUT2D eigenvalue weighted by molar-refractivity contribution is 8.00. The van der Waals surface area contributed by atoms with E-state index >= 15 is 0 Å². The summed E-state index contributed by atoms with van der Waals surface area (Å²) >= 11 is 3.44. The first kappa shape index (κ1) is 21.4. The molecule has 0 aliphatic rings. The summed E-state index contributed by atoms with van der Waals surface area (Å²) in [5.41, 5.74) is 5.15. The van der Waals surface area contributed by atoms with E-state index in [1.54, 1.807) is 35.6 Å². The van der Waals surface area contributed by atoms with Gasteiger partial charge in [-0.3, -0.25) is 4.79 Å². The van der Waals surface area contributed by atoms with Crippen LogP contribution in [0.5, 0.6) is 0 Å². The van der Waals surface area contributed by atoms with Gasteiger partial charge < -0.3 is 9.88 Å². The molecule has 2 heterocycles. The Balaban J connectivity index is 1.12. The number of thioether (sulfide) groups is 1. The predicted octanol–water partition coefficient (Wildman–Crippen LogP) is 5.76. The summed E-state index contributed by atoms with van der Waals surface area (Å²) in [7, 11) is 0. The Morgan fingerprint density at radius 1 is 0.939 bits per heavy atom. The van der Waals surface area contributed by atoms with Gasteiger partial charge in [-0.25, -0.2) is 9.97 Å². The van der Waals surface area contributed by atoms with E-state index in [4.69, 9.17) is 0 Å². The van der Waals surface area contributed by atoms with Crippen molar-refractivity contribution in [1.29, 1.82) is 0 Å². The van der Waals surface area contributed by atoms with Gasteiger partial charge in [-0.2, -0.15) is 0 Å². The van der Waals surface area contributed by atoms with Crippen LogP contribution in [0.2, 0.25) is 0 Å². The molecule has 33 heavy (non-hydrogen) atoms. The molecular formula is C26H22N4OS2. The fourth-order valence-corrected chi connectivity index (χ4v) is 5.47. The van der Waals surface area contributed by atoms with Crippen LogP contribution >= 0.6 is 23.1 Å². The van der Waals surface area contributed by atoms with E-state index in [2.05, 4.69) is 45.6 Å². The van der Waals surface area contributed by atoms with Gasteiger partial charge in [-0.1, -0.05) is 60.3 Å². The topological polar surface area (TPSA) is 59.8 Å². The van der Waals surface area contributed by atoms with Gasteiger partial charge in [-0.05, 0) is 41.0 Å². The van der Waals surface area contributed by atoms with Crippen LogP contribution in [0.3, 0.4) is 0 Å². The zero-order chi connectivity index (χ0) is 22.5. The van der Waals surface area contributed by atoms with Crippen molar-refractivity contribution in [2.75, 3.05) is 0 Å². The first-order chi connectivity index (χ1) is 16.2. The number of hydrogen-bond acceptors (Lipinski definition) is 5. The Labute approximate surface area is 200 Å². The molecule has 164 valence electrons. The summed E-state index contributed by atoms with van der Waals surface area (Å²) in [4.78, 5) is 21.3. The molecule has 5 rings (SSSR count). The standard InChI is InChI=1S/C26H22N4OS2/c31-25(28-15-19-5-7-20(8-6-19)16-30-14-13-27-18-30)22-11-9-21(10-12-22)17-32-26-29-23-3-1-2-4-24(23)33-26/h1-14,18H,15-17H2,(H,28,31). The first-order valence-corrected chi connectivity index (χ1v) is 12.4. The Morgan fingerprint density at radius 2 is 1.70 bits per heavy atom. The lowest BCUT2D eigenvalue weighted by Gasteiger charge is -2.08. The van der Waals surface area contributed by atoms with Crippen LogP contribution in [0, 0.1) is 0 Å².